The van der Waals surface area contributed by atoms with Gasteiger partial charge in [-0.15, -0.1) is 13.2 Å². The second-order valence-electron chi connectivity index (χ2n) is 3.86. The van der Waals surface area contributed by atoms with E-state index in [1.54, 1.807) is 13.0 Å². The summed E-state index contributed by atoms with van der Waals surface area (Å²) in [4.78, 5) is 11.0. The van der Waals surface area contributed by atoms with Crippen LogP contribution in [0.25, 0.3) is 0 Å². The van der Waals surface area contributed by atoms with Crippen molar-refractivity contribution in [3.05, 3.63) is 24.3 Å². The minimum absolute atomic E-state index is 0.160. The van der Waals surface area contributed by atoms with Gasteiger partial charge in [-0.3, -0.25) is 0 Å². The zero-order valence-electron chi connectivity index (χ0n) is 11.4. The fourth-order valence-electron chi connectivity index (χ4n) is 1.43. The highest BCUT2D eigenvalue weighted by molar-refractivity contribution is 5.70. The molecule has 0 saturated carbocycles. The van der Waals surface area contributed by atoms with Crippen LogP contribution in [-0.4, -0.2) is 38.7 Å². The van der Waals surface area contributed by atoms with Crippen molar-refractivity contribution in [1.82, 2.24) is 0 Å². The van der Waals surface area contributed by atoms with Gasteiger partial charge in [-0.1, -0.05) is 6.07 Å². The smallest absolute Gasteiger partial charge is 0.464 e. The first-order valence-electron chi connectivity index (χ1n) is 6.24. The Balaban J connectivity index is 2.29. The first-order chi connectivity index (χ1) is 9.90. The summed E-state index contributed by atoms with van der Waals surface area (Å²) in [5, 5.41) is 2.85. The first-order valence-corrected chi connectivity index (χ1v) is 6.24. The Hall–Kier alpha value is -1.96. The third-order valence-corrected chi connectivity index (χ3v) is 2.17. The van der Waals surface area contributed by atoms with Crippen LogP contribution in [0, 0.1) is 0 Å². The van der Waals surface area contributed by atoms with E-state index in [-0.39, 0.29) is 25.6 Å². The summed E-state index contributed by atoms with van der Waals surface area (Å²) < 4.78 is 49.7. The van der Waals surface area contributed by atoms with Gasteiger partial charge in [0.1, 0.15) is 12.4 Å². The van der Waals surface area contributed by atoms with Crippen molar-refractivity contribution in [3.63, 3.8) is 0 Å². The Bertz CT molecular complexity index is 451. The molecule has 8 heteroatoms. The van der Waals surface area contributed by atoms with Crippen molar-refractivity contribution >= 4 is 11.7 Å². The molecule has 21 heavy (non-hydrogen) atoms. The Morgan fingerprint density at radius 3 is 2.76 bits per heavy atom. The second kappa shape index (κ2) is 8.35. The van der Waals surface area contributed by atoms with Gasteiger partial charge >= 0.3 is 12.3 Å². The quantitative estimate of drug-likeness (QED) is 0.591. The third kappa shape index (κ3) is 8.03. The van der Waals surface area contributed by atoms with Crippen molar-refractivity contribution < 1.29 is 32.2 Å². The number of rotatable bonds is 8. The number of esters is 1. The summed E-state index contributed by atoms with van der Waals surface area (Å²) in [5.74, 6) is -0.766. The predicted octanol–water partition coefficient (Wildman–Crippen LogP) is 2.58. The SMILES string of the molecule is CCOC(=O)COCCNc1cccc(OC(F)(F)F)c1. The number of ether oxygens (including phenoxy) is 3. The van der Waals surface area contributed by atoms with E-state index in [4.69, 9.17) is 4.74 Å². The Morgan fingerprint density at radius 2 is 2.10 bits per heavy atom. The van der Waals surface area contributed by atoms with Gasteiger partial charge in [0.05, 0.1) is 13.2 Å². The molecule has 0 aromatic heterocycles. The zero-order chi connectivity index (χ0) is 15.7. The summed E-state index contributed by atoms with van der Waals surface area (Å²) in [6.45, 7) is 2.35. The molecule has 0 aliphatic carbocycles. The predicted molar refractivity (Wildman–Crippen MR) is 69.1 cm³/mol. The lowest BCUT2D eigenvalue weighted by atomic mass is 10.3. The van der Waals surface area contributed by atoms with Crippen molar-refractivity contribution in [3.8, 4) is 5.75 Å². The summed E-state index contributed by atoms with van der Waals surface area (Å²) >= 11 is 0. The van der Waals surface area contributed by atoms with Crippen LogP contribution in [0.5, 0.6) is 5.75 Å². The van der Waals surface area contributed by atoms with E-state index in [1.165, 1.54) is 18.2 Å². The molecule has 0 spiro atoms. The van der Waals surface area contributed by atoms with E-state index in [0.29, 0.717) is 12.2 Å². The molecule has 0 atom stereocenters. The number of halogens is 3. The molecule has 0 aliphatic heterocycles. The normalized spacial score (nSPS) is 11.0. The van der Waals surface area contributed by atoms with E-state index in [0.717, 1.165) is 0 Å². The van der Waals surface area contributed by atoms with Gasteiger partial charge in [0.15, 0.2) is 0 Å². The number of carbonyl (C=O) groups excluding carboxylic acids is 1. The molecule has 0 radical (unpaired) electrons. The van der Waals surface area contributed by atoms with E-state index < -0.39 is 12.3 Å². The van der Waals surface area contributed by atoms with Crippen LogP contribution in [0.4, 0.5) is 18.9 Å². The molecular formula is C13H16F3NO4. The molecule has 0 fully saturated rings. The summed E-state index contributed by atoms with van der Waals surface area (Å²) in [6.07, 6.45) is -4.72. The Kier molecular flexibility index (Phi) is 6.80. The van der Waals surface area contributed by atoms with E-state index >= 15 is 0 Å². The van der Waals surface area contributed by atoms with Gasteiger partial charge in [0, 0.05) is 18.3 Å². The van der Waals surface area contributed by atoms with E-state index in [9.17, 15) is 18.0 Å². The molecular weight excluding hydrogens is 291 g/mol. The van der Waals surface area contributed by atoms with Crippen molar-refractivity contribution in [1.29, 1.82) is 0 Å². The maximum absolute atomic E-state index is 12.1. The number of benzene rings is 1. The maximum atomic E-state index is 12.1. The largest absolute Gasteiger partial charge is 0.573 e. The molecule has 0 aliphatic rings. The van der Waals surface area contributed by atoms with Crippen LogP contribution < -0.4 is 10.1 Å². The fourth-order valence-corrected chi connectivity index (χ4v) is 1.43. The summed E-state index contributed by atoms with van der Waals surface area (Å²) in [7, 11) is 0. The van der Waals surface area contributed by atoms with Crippen molar-refractivity contribution in [2.75, 3.05) is 31.7 Å². The third-order valence-electron chi connectivity index (χ3n) is 2.17. The van der Waals surface area contributed by atoms with Crippen molar-refractivity contribution in [2.24, 2.45) is 0 Å². The Labute approximate surface area is 120 Å². The summed E-state index contributed by atoms with van der Waals surface area (Å²) in [6, 6.07) is 5.45. The fraction of sp³-hybridized carbons (Fsp3) is 0.462. The van der Waals surface area contributed by atoms with E-state index in [1.807, 2.05) is 0 Å². The van der Waals surface area contributed by atoms with Gasteiger partial charge in [0.2, 0.25) is 0 Å². The molecule has 118 valence electrons. The van der Waals surface area contributed by atoms with E-state index in [2.05, 4.69) is 14.8 Å². The minimum Gasteiger partial charge on any atom is -0.464 e. The molecule has 0 saturated heterocycles. The van der Waals surface area contributed by atoms with Crippen LogP contribution in [0.15, 0.2) is 24.3 Å². The maximum Gasteiger partial charge on any atom is 0.573 e. The number of carbonyl (C=O) groups is 1. The minimum atomic E-state index is -4.72. The van der Waals surface area contributed by atoms with Gasteiger partial charge in [-0.2, -0.15) is 0 Å². The number of hydrogen-bond acceptors (Lipinski definition) is 5. The topological polar surface area (TPSA) is 56.8 Å². The number of alkyl halides is 3. The van der Waals surface area contributed by atoms with Gasteiger partial charge < -0.3 is 19.5 Å². The molecule has 0 bridgehead atoms. The first kappa shape index (κ1) is 17.1. The van der Waals surface area contributed by atoms with Crippen LogP contribution >= 0.6 is 0 Å². The number of nitrogens with one attached hydrogen (secondary N) is 1. The second-order valence-corrected chi connectivity index (χ2v) is 3.86. The van der Waals surface area contributed by atoms with Crippen LogP contribution in [0.1, 0.15) is 6.92 Å². The monoisotopic (exact) mass is 307 g/mol. The average Bonchev–Trinajstić information content (AvgIpc) is 2.37. The van der Waals surface area contributed by atoms with Crippen LogP contribution in [-0.2, 0) is 14.3 Å². The van der Waals surface area contributed by atoms with Crippen LogP contribution in [0.3, 0.4) is 0 Å². The highest BCUT2D eigenvalue weighted by Crippen LogP contribution is 2.24. The molecule has 1 aromatic rings. The molecule has 0 amide bonds. The van der Waals surface area contributed by atoms with Gasteiger partial charge in [-0.05, 0) is 19.1 Å². The highest BCUT2D eigenvalue weighted by Gasteiger charge is 2.31. The molecule has 0 unspecified atom stereocenters. The van der Waals surface area contributed by atoms with Gasteiger partial charge in [-0.25, -0.2) is 4.79 Å². The standard InChI is InChI=1S/C13H16F3NO4/c1-2-20-12(18)9-19-7-6-17-10-4-3-5-11(8-10)21-13(14,15)16/h3-5,8,17H,2,6-7,9H2,1H3. The number of hydrogen-bond donors (Lipinski definition) is 1. The number of anilines is 1. The molecule has 1 aromatic carbocycles. The zero-order valence-corrected chi connectivity index (χ0v) is 11.4. The lowest BCUT2D eigenvalue weighted by Gasteiger charge is -2.11. The molecule has 1 N–H and O–H groups in total. The highest BCUT2D eigenvalue weighted by atomic mass is 19.4. The molecule has 1 rings (SSSR count). The van der Waals surface area contributed by atoms with Crippen molar-refractivity contribution in [2.45, 2.75) is 13.3 Å². The van der Waals surface area contributed by atoms with Gasteiger partial charge in [0.25, 0.3) is 0 Å². The lowest BCUT2D eigenvalue weighted by Crippen LogP contribution is -2.18. The van der Waals surface area contributed by atoms with Crippen LogP contribution in [0.2, 0.25) is 0 Å². The lowest BCUT2D eigenvalue weighted by molar-refractivity contribution is -0.274. The average molecular weight is 307 g/mol. The molecule has 5 nitrogen and oxygen atoms in total. The molecule has 0 heterocycles. The Morgan fingerprint density at radius 1 is 1.33 bits per heavy atom. The summed E-state index contributed by atoms with van der Waals surface area (Å²) in [5.41, 5.74) is 0.455.